The lowest BCUT2D eigenvalue weighted by atomic mass is 9.95. The standard InChI is InChI=1S/C24H32N4O2/c1-26(2)22-11-9-19(10-12-22)17-27(3)23(29)18-28-15-13-20(14-16-28)24(30)25-21-7-5-4-6-8-21/h4-12,20H,13-18H2,1-3H3,(H,25,30). The van der Waals surface area contributed by atoms with Gasteiger partial charge in [-0.1, -0.05) is 30.3 Å². The zero-order valence-electron chi connectivity index (χ0n) is 18.2. The van der Waals surface area contributed by atoms with Crippen LogP contribution in [-0.2, 0) is 16.1 Å². The molecule has 30 heavy (non-hydrogen) atoms. The van der Waals surface area contributed by atoms with Crippen LogP contribution in [-0.4, -0.2) is 62.4 Å². The van der Waals surface area contributed by atoms with Gasteiger partial charge in [0.25, 0.3) is 0 Å². The van der Waals surface area contributed by atoms with Crippen molar-refractivity contribution in [1.29, 1.82) is 0 Å². The van der Waals surface area contributed by atoms with Crippen LogP contribution >= 0.6 is 0 Å². The Morgan fingerprint density at radius 3 is 2.20 bits per heavy atom. The molecule has 0 bridgehead atoms. The SMILES string of the molecule is CN(Cc1ccc(N(C)C)cc1)C(=O)CN1CCC(C(=O)Nc2ccccc2)CC1. The molecule has 1 aliphatic heterocycles. The number of anilines is 2. The molecule has 160 valence electrons. The second kappa shape index (κ2) is 10.3. The molecule has 1 heterocycles. The molecular formula is C24H32N4O2. The number of carbonyl (C=O) groups excluding carboxylic acids is 2. The summed E-state index contributed by atoms with van der Waals surface area (Å²) in [6.45, 7) is 2.54. The van der Waals surface area contributed by atoms with Gasteiger partial charge in [0.15, 0.2) is 0 Å². The molecule has 0 aliphatic carbocycles. The Kier molecular flexibility index (Phi) is 7.46. The molecule has 6 nitrogen and oxygen atoms in total. The minimum atomic E-state index is 0.00417. The van der Waals surface area contributed by atoms with Crippen molar-refractivity contribution in [2.75, 3.05) is 51.0 Å². The topological polar surface area (TPSA) is 55.9 Å². The van der Waals surface area contributed by atoms with E-state index in [1.54, 1.807) is 4.90 Å². The summed E-state index contributed by atoms with van der Waals surface area (Å²) in [4.78, 5) is 31.1. The summed E-state index contributed by atoms with van der Waals surface area (Å²) in [6, 6.07) is 17.8. The van der Waals surface area contributed by atoms with Gasteiger partial charge in [0, 0.05) is 45.0 Å². The van der Waals surface area contributed by atoms with Crippen molar-refractivity contribution in [3.8, 4) is 0 Å². The maximum absolute atomic E-state index is 12.6. The second-order valence-corrected chi connectivity index (χ2v) is 8.22. The highest BCUT2D eigenvalue weighted by atomic mass is 16.2. The third-order valence-corrected chi connectivity index (χ3v) is 5.66. The number of carbonyl (C=O) groups is 2. The van der Waals surface area contributed by atoms with Crippen LogP contribution in [0.1, 0.15) is 18.4 Å². The third kappa shape index (κ3) is 6.07. The van der Waals surface area contributed by atoms with E-state index in [0.29, 0.717) is 13.1 Å². The Hall–Kier alpha value is -2.86. The molecule has 1 N–H and O–H groups in total. The highest BCUT2D eigenvalue weighted by Gasteiger charge is 2.26. The highest BCUT2D eigenvalue weighted by Crippen LogP contribution is 2.20. The van der Waals surface area contributed by atoms with Crippen molar-refractivity contribution in [3.63, 3.8) is 0 Å². The number of likely N-dealkylation sites (tertiary alicyclic amines) is 1. The molecule has 6 heteroatoms. The number of hydrogen-bond acceptors (Lipinski definition) is 4. The number of hydrogen-bond donors (Lipinski definition) is 1. The van der Waals surface area contributed by atoms with E-state index in [2.05, 4.69) is 39.4 Å². The lowest BCUT2D eigenvalue weighted by molar-refractivity contribution is -0.132. The van der Waals surface area contributed by atoms with Gasteiger partial charge >= 0.3 is 0 Å². The van der Waals surface area contributed by atoms with E-state index in [0.717, 1.165) is 42.9 Å². The summed E-state index contributed by atoms with van der Waals surface area (Å²) in [5.41, 5.74) is 3.10. The fraction of sp³-hybridized carbons (Fsp3) is 0.417. The average Bonchev–Trinajstić information content (AvgIpc) is 2.75. The molecule has 0 aromatic heterocycles. The maximum Gasteiger partial charge on any atom is 0.236 e. The number of benzene rings is 2. The predicted molar refractivity (Wildman–Crippen MR) is 121 cm³/mol. The van der Waals surface area contributed by atoms with Crippen LogP contribution in [0, 0.1) is 5.92 Å². The summed E-state index contributed by atoms with van der Waals surface area (Å²) >= 11 is 0. The molecule has 2 aromatic rings. The first kappa shape index (κ1) is 21.8. The van der Waals surface area contributed by atoms with Crippen LogP contribution in [0.3, 0.4) is 0 Å². The van der Waals surface area contributed by atoms with Crippen molar-refractivity contribution in [3.05, 3.63) is 60.2 Å². The number of nitrogens with zero attached hydrogens (tertiary/aromatic N) is 3. The fourth-order valence-electron chi connectivity index (χ4n) is 3.69. The van der Waals surface area contributed by atoms with Gasteiger partial charge in [0.05, 0.1) is 6.54 Å². The fourth-order valence-corrected chi connectivity index (χ4v) is 3.69. The van der Waals surface area contributed by atoms with Crippen molar-refractivity contribution in [2.45, 2.75) is 19.4 Å². The first-order valence-corrected chi connectivity index (χ1v) is 10.5. The van der Waals surface area contributed by atoms with Crippen LogP contribution in [0.2, 0.25) is 0 Å². The molecule has 1 fully saturated rings. The van der Waals surface area contributed by atoms with Crippen LogP contribution in [0.15, 0.2) is 54.6 Å². The molecule has 0 spiro atoms. The minimum absolute atomic E-state index is 0.00417. The van der Waals surface area contributed by atoms with Crippen molar-refractivity contribution < 1.29 is 9.59 Å². The first-order chi connectivity index (χ1) is 14.4. The zero-order chi connectivity index (χ0) is 21.5. The van der Waals surface area contributed by atoms with Crippen LogP contribution in [0.25, 0.3) is 0 Å². The summed E-state index contributed by atoms with van der Waals surface area (Å²) < 4.78 is 0. The average molecular weight is 409 g/mol. The van der Waals surface area contributed by atoms with Gasteiger partial charge in [-0.25, -0.2) is 0 Å². The summed E-state index contributed by atoms with van der Waals surface area (Å²) in [5, 5.41) is 2.99. The van der Waals surface area contributed by atoms with Crippen molar-refractivity contribution >= 4 is 23.2 Å². The number of nitrogens with one attached hydrogen (secondary N) is 1. The summed E-state index contributed by atoms with van der Waals surface area (Å²) in [5.74, 6) is 0.189. The van der Waals surface area contributed by atoms with Gasteiger partial charge in [-0.3, -0.25) is 14.5 Å². The molecule has 1 saturated heterocycles. The zero-order valence-corrected chi connectivity index (χ0v) is 18.2. The Morgan fingerprint density at radius 1 is 0.967 bits per heavy atom. The molecule has 3 rings (SSSR count). The summed E-state index contributed by atoms with van der Waals surface area (Å²) in [6.07, 6.45) is 1.56. The number of amides is 2. The summed E-state index contributed by atoms with van der Waals surface area (Å²) in [7, 11) is 5.88. The van der Waals surface area contributed by atoms with Crippen LogP contribution in [0.4, 0.5) is 11.4 Å². The Morgan fingerprint density at radius 2 is 1.60 bits per heavy atom. The highest BCUT2D eigenvalue weighted by molar-refractivity contribution is 5.92. The van der Waals surface area contributed by atoms with E-state index in [1.807, 2.05) is 51.5 Å². The van der Waals surface area contributed by atoms with E-state index in [4.69, 9.17) is 0 Å². The van der Waals surface area contributed by atoms with E-state index in [-0.39, 0.29) is 17.7 Å². The monoisotopic (exact) mass is 408 g/mol. The lowest BCUT2D eigenvalue weighted by Gasteiger charge is -2.32. The normalized spacial score (nSPS) is 14.9. The van der Waals surface area contributed by atoms with E-state index < -0.39 is 0 Å². The van der Waals surface area contributed by atoms with Gasteiger partial charge < -0.3 is 15.1 Å². The quantitative estimate of drug-likeness (QED) is 0.765. The molecular weight excluding hydrogens is 376 g/mol. The molecule has 0 unspecified atom stereocenters. The molecule has 1 aliphatic rings. The number of para-hydroxylation sites is 1. The second-order valence-electron chi connectivity index (χ2n) is 8.22. The Balaban J connectivity index is 1.42. The van der Waals surface area contributed by atoms with Gasteiger partial charge in [-0.2, -0.15) is 0 Å². The van der Waals surface area contributed by atoms with Crippen LogP contribution < -0.4 is 10.2 Å². The van der Waals surface area contributed by atoms with Crippen molar-refractivity contribution in [2.24, 2.45) is 5.92 Å². The number of likely N-dealkylation sites (N-methyl/N-ethyl adjacent to an activating group) is 1. The maximum atomic E-state index is 12.6. The van der Waals surface area contributed by atoms with Gasteiger partial charge in [-0.15, -0.1) is 0 Å². The van der Waals surface area contributed by atoms with Crippen molar-refractivity contribution in [1.82, 2.24) is 9.80 Å². The molecule has 0 saturated carbocycles. The molecule has 0 atom stereocenters. The lowest BCUT2D eigenvalue weighted by Crippen LogP contribution is -2.43. The van der Waals surface area contributed by atoms with Gasteiger partial charge in [0.1, 0.15) is 0 Å². The smallest absolute Gasteiger partial charge is 0.236 e. The van der Waals surface area contributed by atoms with E-state index >= 15 is 0 Å². The van der Waals surface area contributed by atoms with Crippen LogP contribution in [0.5, 0.6) is 0 Å². The van der Waals surface area contributed by atoms with E-state index in [1.165, 1.54) is 0 Å². The Bertz CT molecular complexity index is 828. The van der Waals surface area contributed by atoms with Gasteiger partial charge in [-0.05, 0) is 55.8 Å². The minimum Gasteiger partial charge on any atom is -0.378 e. The molecule has 2 aromatic carbocycles. The molecule has 2 amide bonds. The largest absolute Gasteiger partial charge is 0.378 e. The predicted octanol–water partition coefficient (Wildman–Crippen LogP) is 3.06. The van der Waals surface area contributed by atoms with Gasteiger partial charge in [0.2, 0.25) is 11.8 Å². The number of piperidine rings is 1. The Labute approximate surface area is 179 Å². The molecule has 0 radical (unpaired) electrons. The third-order valence-electron chi connectivity index (χ3n) is 5.66. The number of rotatable bonds is 7. The van der Waals surface area contributed by atoms with E-state index in [9.17, 15) is 9.59 Å². The first-order valence-electron chi connectivity index (χ1n) is 10.5.